The van der Waals surface area contributed by atoms with Crippen molar-refractivity contribution in [1.29, 1.82) is 0 Å². The van der Waals surface area contributed by atoms with Crippen molar-refractivity contribution >= 4 is 23.4 Å². The molecule has 2 aromatic rings. The van der Waals surface area contributed by atoms with Crippen molar-refractivity contribution in [1.82, 2.24) is 9.88 Å². The first-order valence-electron chi connectivity index (χ1n) is 10.4. The van der Waals surface area contributed by atoms with Gasteiger partial charge in [-0.25, -0.2) is 9.37 Å². The molecule has 2 aliphatic heterocycles. The van der Waals surface area contributed by atoms with E-state index in [1.54, 1.807) is 24.4 Å². The highest BCUT2D eigenvalue weighted by Crippen LogP contribution is 2.27. The van der Waals surface area contributed by atoms with Gasteiger partial charge < -0.3 is 10.2 Å². The molecule has 0 spiro atoms. The summed E-state index contributed by atoms with van der Waals surface area (Å²) in [4.78, 5) is 19.0. The van der Waals surface area contributed by atoms with Crippen molar-refractivity contribution in [3.05, 3.63) is 83.0 Å². The van der Waals surface area contributed by atoms with Gasteiger partial charge >= 0.3 is 0 Å². The van der Waals surface area contributed by atoms with Crippen LogP contribution in [0.2, 0.25) is 0 Å². The molecule has 4 rings (SSSR count). The van der Waals surface area contributed by atoms with Gasteiger partial charge in [-0.15, -0.1) is 0 Å². The molecule has 30 heavy (non-hydrogen) atoms. The molecule has 1 N–H and O–H groups in total. The van der Waals surface area contributed by atoms with Crippen LogP contribution in [0.15, 0.2) is 54.9 Å². The maximum absolute atomic E-state index is 13.7. The molecular weight excluding hydrogens is 377 g/mol. The molecule has 0 fully saturated rings. The molecule has 0 atom stereocenters. The molecule has 154 valence electrons. The molecule has 1 amide bonds. The van der Waals surface area contributed by atoms with Gasteiger partial charge in [-0.3, -0.25) is 4.79 Å². The number of pyridine rings is 1. The first-order valence-corrected chi connectivity index (χ1v) is 10.4. The van der Waals surface area contributed by atoms with E-state index in [0.717, 1.165) is 65.0 Å². The van der Waals surface area contributed by atoms with Gasteiger partial charge in [0.05, 0.1) is 0 Å². The number of allylic oxidation sites excluding steroid dienone is 2. The summed E-state index contributed by atoms with van der Waals surface area (Å²) >= 11 is 0. The fraction of sp³-hybridized carbons (Fsp3) is 0.280. The molecule has 0 saturated carbocycles. The lowest BCUT2D eigenvalue weighted by Crippen LogP contribution is -2.29. The first kappa shape index (κ1) is 20.1. The first-order chi connectivity index (χ1) is 14.5. The average Bonchev–Trinajstić information content (AvgIpc) is 3.00. The molecule has 0 unspecified atom stereocenters. The van der Waals surface area contributed by atoms with Gasteiger partial charge in [0.2, 0.25) is 5.91 Å². The van der Waals surface area contributed by atoms with E-state index in [1.807, 2.05) is 17.9 Å². The van der Waals surface area contributed by atoms with Gasteiger partial charge in [-0.1, -0.05) is 18.7 Å². The lowest BCUT2D eigenvalue weighted by Gasteiger charge is -2.19. The van der Waals surface area contributed by atoms with E-state index in [9.17, 15) is 9.18 Å². The molecular formula is C25H26FN3O. The van der Waals surface area contributed by atoms with Crippen LogP contribution in [-0.4, -0.2) is 28.9 Å². The van der Waals surface area contributed by atoms with Gasteiger partial charge in [0, 0.05) is 31.1 Å². The van der Waals surface area contributed by atoms with Crippen molar-refractivity contribution in [3.63, 3.8) is 0 Å². The monoisotopic (exact) mass is 403 g/mol. The third kappa shape index (κ3) is 4.51. The summed E-state index contributed by atoms with van der Waals surface area (Å²) in [6.45, 7) is 7.16. The predicted octanol–water partition coefficient (Wildman–Crippen LogP) is 5.12. The predicted molar refractivity (Wildman–Crippen MR) is 119 cm³/mol. The molecule has 1 aromatic heterocycles. The maximum Gasteiger partial charge on any atom is 0.246 e. The average molecular weight is 404 g/mol. The Labute approximate surface area is 176 Å². The number of halogens is 1. The van der Waals surface area contributed by atoms with Crippen LogP contribution in [0.3, 0.4) is 0 Å². The van der Waals surface area contributed by atoms with Gasteiger partial charge in [-0.2, -0.15) is 0 Å². The van der Waals surface area contributed by atoms with Gasteiger partial charge in [0.25, 0.3) is 0 Å². The number of anilines is 1. The number of rotatable bonds is 3. The largest absolute Gasteiger partial charge is 0.344 e. The number of carbonyl (C=O) groups excluding carboxylic acids is 1. The normalized spacial score (nSPS) is 16.7. The molecule has 1 aromatic carbocycles. The fourth-order valence-corrected chi connectivity index (χ4v) is 3.97. The maximum atomic E-state index is 13.7. The number of nitrogens with zero attached hydrogens (tertiary/aromatic N) is 2. The number of nitrogens with one attached hydrogen (secondary N) is 1. The highest BCUT2D eigenvalue weighted by atomic mass is 19.1. The van der Waals surface area contributed by atoms with Crippen molar-refractivity contribution in [2.75, 3.05) is 18.4 Å². The van der Waals surface area contributed by atoms with Gasteiger partial charge in [0.1, 0.15) is 11.6 Å². The van der Waals surface area contributed by atoms with E-state index < -0.39 is 0 Å². The number of benzene rings is 1. The quantitative estimate of drug-likeness (QED) is 0.724. The molecule has 0 radical (unpaired) electrons. The van der Waals surface area contributed by atoms with E-state index in [0.29, 0.717) is 13.1 Å². The zero-order valence-electron chi connectivity index (χ0n) is 17.2. The highest BCUT2D eigenvalue weighted by Gasteiger charge is 2.16. The molecule has 0 saturated heterocycles. The Morgan fingerprint density at radius 2 is 2.13 bits per heavy atom. The molecule has 0 bridgehead atoms. The number of aromatic nitrogens is 1. The minimum atomic E-state index is -0.227. The summed E-state index contributed by atoms with van der Waals surface area (Å²) in [6.07, 6.45) is 10.8. The minimum Gasteiger partial charge on any atom is -0.344 e. The molecule has 4 nitrogen and oxygen atoms in total. The summed E-state index contributed by atoms with van der Waals surface area (Å²) in [6, 6.07) is 6.95. The highest BCUT2D eigenvalue weighted by molar-refractivity contribution is 5.92. The zero-order valence-corrected chi connectivity index (χ0v) is 17.2. The summed E-state index contributed by atoms with van der Waals surface area (Å²) in [5.74, 6) is 0.607. The van der Waals surface area contributed by atoms with Crippen LogP contribution < -0.4 is 5.32 Å². The number of carbonyl (C=O) groups is 1. The Morgan fingerprint density at radius 3 is 3.00 bits per heavy atom. The topological polar surface area (TPSA) is 45.2 Å². The Balaban J connectivity index is 1.44. The third-order valence-corrected chi connectivity index (χ3v) is 5.69. The number of aryl methyl sites for hydroxylation is 2. The Kier molecular flexibility index (Phi) is 5.79. The van der Waals surface area contributed by atoms with E-state index in [-0.39, 0.29) is 11.7 Å². The summed E-state index contributed by atoms with van der Waals surface area (Å²) in [5.41, 5.74) is 6.15. The van der Waals surface area contributed by atoms with Crippen molar-refractivity contribution in [2.24, 2.45) is 0 Å². The van der Waals surface area contributed by atoms with Crippen LogP contribution in [0.1, 0.15) is 41.5 Å². The Bertz CT molecular complexity index is 1050. The third-order valence-electron chi connectivity index (χ3n) is 5.69. The zero-order chi connectivity index (χ0) is 21.1. The second-order valence-electron chi connectivity index (χ2n) is 7.91. The minimum absolute atomic E-state index is 0.0207. The van der Waals surface area contributed by atoms with Gasteiger partial charge in [-0.05, 0) is 84.7 Å². The number of hydrogen-bond acceptors (Lipinski definition) is 3. The molecule has 3 heterocycles. The van der Waals surface area contributed by atoms with Crippen LogP contribution >= 0.6 is 0 Å². The lowest BCUT2D eigenvalue weighted by molar-refractivity contribution is -0.125. The summed E-state index contributed by atoms with van der Waals surface area (Å²) < 4.78 is 13.7. The van der Waals surface area contributed by atoms with Crippen LogP contribution in [0.25, 0.3) is 11.6 Å². The van der Waals surface area contributed by atoms with Crippen molar-refractivity contribution in [3.8, 4) is 0 Å². The van der Waals surface area contributed by atoms with E-state index in [4.69, 9.17) is 0 Å². The molecule has 5 heteroatoms. The summed E-state index contributed by atoms with van der Waals surface area (Å²) in [7, 11) is 0. The SMILES string of the molecule is C=C1CCc2cc(/C=C/C(=O)N3CC=C(c4cc(F)ccc4C)CCC3)cnc2N1. The number of fused-ring (bicyclic) bond motifs is 1. The Morgan fingerprint density at radius 1 is 1.27 bits per heavy atom. The molecule has 0 aliphatic carbocycles. The second kappa shape index (κ2) is 8.66. The smallest absolute Gasteiger partial charge is 0.246 e. The number of hydrogen-bond donors (Lipinski definition) is 1. The van der Waals surface area contributed by atoms with E-state index >= 15 is 0 Å². The van der Waals surface area contributed by atoms with Gasteiger partial charge in [0.15, 0.2) is 0 Å². The fourth-order valence-electron chi connectivity index (χ4n) is 3.97. The van der Waals surface area contributed by atoms with Crippen LogP contribution in [0.5, 0.6) is 0 Å². The molecule has 2 aliphatic rings. The standard InChI is InChI=1S/C25H26FN3O/c1-17-5-9-22(26)15-23(17)20-4-3-12-29(13-11-20)24(30)10-7-19-14-21-8-6-18(2)28-25(21)27-16-19/h5,7,9-11,14-16H,2-4,6,8,12-13H2,1H3,(H,27,28)/b10-7+. The number of amides is 1. The van der Waals surface area contributed by atoms with Crippen molar-refractivity contribution in [2.45, 2.75) is 32.6 Å². The van der Waals surface area contributed by atoms with Crippen molar-refractivity contribution < 1.29 is 9.18 Å². The van der Waals surface area contributed by atoms with Crippen LogP contribution in [0.4, 0.5) is 10.2 Å². The Hall–Kier alpha value is -3.21. The van der Waals surface area contributed by atoms with E-state index in [1.165, 1.54) is 6.07 Å². The second-order valence-corrected chi connectivity index (χ2v) is 7.91. The van der Waals surface area contributed by atoms with E-state index in [2.05, 4.69) is 29.0 Å². The lowest BCUT2D eigenvalue weighted by atomic mass is 9.97. The van der Waals surface area contributed by atoms with Crippen LogP contribution in [-0.2, 0) is 11.2 Å². The van der Waals surface area contributed by atoms with Crippen LogP contribution in [0, 0.1) is 12.7 Å². The summed E-state index contributed by atoms with van der Waals surface area (Å²) in [5, 5.41) is 3.20.